The lowest BCUT2D eigenvalue weighted by atomic mass is 10.1. The molecule has 130 valence electrons. The van der Waals surface area contributed by atoms with Crippen molar-refractivity contribution in [3.05, 3.63) is 62.6 Å². The first-order valence-electron chi connectivity index (χ1n) is 8.29. The molecule has 1 aliphatic carbocycles. The molecule has 0 fully saturated rings. The van der Waals surface area contributed by atoms with E-state index in [4.69, 9.17) is 5.73 Å². The van der Waals surface area contributed by atoms with Crippen LogP contribution in [0.4, 0.5) is 5.69 Å². The molecule has 1 aromatic carbocycles. The SMILES string of the molecule is Cc1cc(C)n(CC(=O)Nc2ccc3c(c2)CCC3)c(=O)c1C(N)=O. The van der Waals surface area contributed by atoms with Gasteiger partial charge >= 0.3 is 0 Å². The van der Waals surface area contributed by atoms with Crippen LogP contribution >= 0.6 is 0 Å². The molecule has 2 aromatic rings. The molecular formula is C19H21N3O3. The molecule has 0 saturated heterocycles. The van der Waals surface area contributed by atoms with Gasteiger partial charge in [0.05, 0.1) is 0 Å². The highest BCUT2D eigenvalue weighted by Gasteiger charge is 2.17. The van der Waals surface area contributed by atoms with Crippen molar-refractivity contribution in [2.45, 2.75) is 39.7 Å². The van der Waals surface area contributed by atoms with Crippen molar-refractivity contribution in [1.82, 2.24) is 4.57 Å². The van der Waals surface area contributed by atoms with E-state index in [1.165, 1.54) is 15.7 Å². The molecular weight excluding hydrogens is 318 g/mol. The predicted molar refractivity (Wildman–Crippen MR) is 95.8 cm³/mol. The van der Waals surface area contributed by atoms with Crippen LogP contribution in [0.1, 0.15) is 39.2 Å². The monoisotopic (exact) mass is 339 g/mol. The van der Waals surface area contributed by atoms with Gasteiger partial charge in [-0.15, -0.1) is 0 Å². The normalized spacial score (nSPS) is 12.7. The van der Waals surface area contributed by atoms with Gasteiger partial charge in [0.25, 0.3) is 11.5 Å². The number of aromatic nitrogens is 1. The Morgan fingerprint density at radius 1 is 1.16 bits per heavy atom. The van der Waals surface area contributed by atoms with Crippen molar-refractivity contribution in [2.75, 3.05) is 5.32 Å². The van der Waals surface area contributed by atoms with Crippen molar-refractivity contribution < 1.29 is 9.59 Å². The Hall–Kier alpha value is -2.89. The smallest absolute Gasteiger partial charge is 0.264 e. The van der Waals surface area contributed by atoms with Crippen molar-refractivity contribution in [3.63, 3.8) is 0 Å². The van der Waals surface area contributed by atoms with Gasteiger partial charge < -0.3 is 15.6 Å². The van der Waals surface area contributed by atoms with Crippen molar-refractivity contribution in [3.8, 4) is 0 Å². The van der Waals surface area contributed by atoms with E-state index in [-0.39, 0.29) is 18.0 Å². The highest BCUT2D eigenvalue weighted by Crippen LogP contribution is 2.24. The molecule has 1 heterocycles. The molecule has 0 spiro atoms. The average molecular weight is 339 g/mol. The third-order valence-corrected chi connectivity index (χ3v) is 4.63. The van der Waals surface area contributed by atoms with Crippen molar-refractivity contribution in [1.29, 1.82) is 0 Å². The first-order chi connectivity index (χ1) is 11.9. The fourth-order valence-electron chi connectivity index (χ4n) is 3.42. The lowest BCUT2D eigenvalue weighted by Crippen LogP contribution is -2.35. The summed E-state index contributed by atoms with van der Waals surface area (Å²) >= 11 is 0. The molecule has 3 rings (SSSR count). The van der Waals surface area contributed by atoms with Crippen LogP contribution in [0.25, 0.3) is 0 Å². The van der Waals surface area contributed by atoms with Gasteiger partial charge in [0.2, 0.25) is 5.91 Å². The van der Waals surface area contributed by atoms with Crippen LogP contribution in [0.5, 0.6) is 0 Å². The minimum absolute atomic E-state index is 0.0732. The number of pyridine rings is 1. The standard InChI is InChI=1S/C19H21N3O3/c1-11-8-12(2)22(19(25)17(11)18(20)24)10-16(23)21-15-7-6-13-4-3-5-14(13)9-15/h6-9H,3-5,10H2,1-2H3,(H2,20,24)(H,21,23). The number of carbonyl (C=O) groups excluding carboxylic acids is 2. The van der Waals surface area contributed by atoms with Crippen LogP contribution in [0.2, 0.25) is 0 Å². The maximum atomic E-state index is 12.5. The van der Waals surface area contributed by atoms with Crippen LogP contribution in [0, 0.1) is 13.8 Å². The van der Waals surface area contributed by atoms with Gasteiger partial charge in [-0.3, -0.25) is 14.4 Å². The predicted octanol–water partition coefficient (Wildman–Crippen LogP) is 1.69. The highest BCUT2D eigenvalue weighted by molar-refractivity contribution is 5.94. The number of carbonyl (C=O) groups is 2. The Morgan fingerprint density at radius 3 is 2.60 bits per heavy atom. The number of hydrogen-bond donors (Lipinski definition) is 2. The fraction of sp³-hybridized carbons (Fsp3) is 0.316. The minimum Gasteiger partial charge on any atom is -0.365 e. The van der Waals surface area contributed by atoms with E-state index in [2.05, 4.69) is 5.32 Å². The number of aryl methyl sites for hydroxylation is 4. The number of nitrogens with zero attached hydrogens (tertiary/aromatic N) is 1. The summed E-state index contributed by atoms with van der Waals surface area (Å²) in [6.07, 6.45) is 3.25. The van der Waals surface area contributed by atoms with Gasteiger partial charge in [-0.25, -0.2) is 0 Å². The van der Waals surface area contributed by atoms with Crippen LogP contribution in [0.15, 0.2) is 29.1 Å². The van der Waals surface area contributed by atoms with E-state index in [1.807, 2.05) is 18.2 Å². The topological polar surface area (TPSA) is 94.2 Å². The zero-order valence-corrected chi connectivity index (χ0v) is 14.4. The third-order valence-electron chi connectivity index (χ3n) is 4.63. The summed E-state index contributed by atoms with van der Waals surface area (Å²) in [5, 5.41) is 2.82. The molecule has 0 saturated carbocycles. The summed E-state index contributed by atoms with van der Waals surface area (Å²) < 4.78 is 1.27. The zero-order chi connectivity index (χ0) is 18.1. The van der Waals surface area contributed by atoms with Gasteiger partial charge in [-0.05, 0) is 68.0 Å². The zero-order valence-electron chi connectivity index (χ0n) is 14.4. The summed E-state index contributed by atoms with van der Waals surface area (Å²) in [7, 11) is 0. The second-order valence-electron chi connectivity index (χ2n) is 6.48. The maximum absolute atomic E-state index is 12.5. The minimum atomic E-state index is -0.782. The summed E-state index contributed by atoms with van der Waals surface area (Å²) in [6.45, 7) is 3.22. The summed E-state index contributed by atoms with van der Waals surface area (Å²) in [5.74, 6) is -1.10. The Balaban J connectivity index is 1.83. The number of hydrogen-bond acceptors (Lipinski definition) is 3. The second kappa shape index (κ2) is 6.55. The number of amides is 2. The Bertz CT molecular complexity index is 928. The maximum Gasteiger partial charge on any atom is 0.264 e. The molecule has 25 heavy (non-hydrogen) atoms. The van der Waals surface area contributed by atoms with Gasteiger partial charge in [0.15, 0.2) is 0 Å². The number of benzene rings is 1. The largest absolute Gasteiger partial charge is 0.365 e. The second-order valence-corrected chi connectivity index (χ2v) is 6.48. The average Bonchev–Trinajstić information content (AvgIpc) is 2.98. The molecule has 0 unspecified atom stereocenters. The molecule has 0 bridgehead atoms. The number of rotatable bonds is 4. The molecule has 3 N–H and O–H groups in total. The molecule has 0 radical (unpaired) electrons. The highest BCUT2D eigenvalue weighted by atomic mass is 16.2. The van der Waals surface area contributed by atoms with Crippen LogP contribution in [-0.4, -0.2) is 16.4 Å². The van der Waals surface area contributed by atoms with Gasteiger partial charge in [-0.2, -0.15) is 0 Å². The molecule has 6 heteroatoms. The lowest BCUT2D eigenvalue weighted by molar-refractivity contribution is -0.116. The van der Waals surface area contributed by atoms with Crippen LogP contribution in [-0.2, 0) is 24.2 Å². The third kappa shape index (κ3) is 3.33. The number of nitrogens with two attached hydrogens (primary N) is 1. The number of nitrogens with one attached hydrogen (secondary N) is 1. The van der Waals surface area contributed by atoms with E-state index < -0.39 is 11.5 Å². The quantitative estimate of drug-likeness (QED) is 0.887. The van der Waals surface area contributed by atoms with Gasteiger partial charge in [-0.1, -0.05) is 6.07 Å². The summed E-state index contributed by atoms with van der Waals surface area (Å²) in [4.78, 5) is 36.3. The van der Waals surface area contributed by atoms with E-state index in [9.17, 15) is 14.4 Å². The number of fused-ring (bicyclic) bond motifs is 1. The van der Waals surface area contributed by atoms with Gasteiger partial charge in [0.1, 0.15) is 12.1 Å². The molecule has 0 atom stereocenters. The van der Waals surface area contributed by atoms with Crippen LogP contribution < -0.4 is 16.6 Å². The van der Waals surface area contributed by atoms with E-state index >= 15 is 0 Å². The summed E-state index contributed by atoms with van der Waals surface area (Å²) in [6, 6.07) is 7.58. The first kappa shape index (κ1) is 17.0. The fourth-order valence-corrected chi connectivity index (χ4v) is 3.42. The van der Waals surface area contributed by atoms with E-state index in [0.717, 1.165) is 24.9 Å². The van der Waals surface area contributed by atoms with Crippen molar-refractivity contribution >= 4 is 17.5 Å². The first-order valence-corrected chi connectivity index (χ1v) is 8.29. The molecule has 0 aliphatic heterocycles. The Morgan fingerprint density at radius 2 is 1.88 bits per heavy atom. The van der Waals surface area contributed by atoms with Gasteiger partial charge in [0, 0.05) is 11.4 Å². The Kier molecular flexibility index (Phi) is 4.44. The number of anilines is 1. The molecule has 6 nitrogen and oxygen atoms in total. The van der Waals surface area contributed by atoms with E-state index in [0.29, 0.717) is 11.3 Å². The molecule has 2 amide bonds. The van der Waals surface area contributed by atoms with E-state index in [1.54, 1.807) is 19.9 Å². The van der Waals surface area contributed by atoms with Crippen molar-refractivity contribution in [2.24, 2.45) is 5.73 Å². The molecule has 1 aromatic heterocycles. The Labute approximate surface area is 145 Å². The lowest BCUT2D eigenvalue weighted by Gasteiger charge is -2.13. The summed E-state index contributed by atoms with van der Waals surface area (Å²) in [5.41, 5.74) is 9.12. The molecule has 1 aliphatic rings. The number of primary amides is 1. The van der Waals surface area contributed by atoms with Crippen LogP contribution in [0.3, 0.4) is 0 Å².